The third-order valence-corrected chi connectivity index (χ3v) is 16.4. The van der Waals surface area contributed by atoms with Crippen LogP contribution in [0.25, 0.3) is 0 Å². The maximum absolute atomic E-state index is 13.2. The summed E-state index contributed by atoms with van der Waals surface area (Å²) in [5.74, 6) is -0.240. The quantitative estimate of drug-likeness (QED) is 0.0204. The second-order valence-electron chi connectivity index (χ2n) is 23.6. The molecule has 14 heteroatoms. The zero-order chi connectivity index (χ0) is 57.4. The summed E-state index contributed by atoms with van der Waals surface area (Å²) in [7, 11) is 0. The fourth-order valence-electron chi connectivity index (χ4n) is 11.1. The van der Waals surface area contributed by atoms with E-state index in [1.54, 1.807) is 6.08 Å². The van der Waals surface area contributed by atoms with Gasteiger partial charge in [0, 0.05) is 6.42 Å². The average Bonchev–Trinajstić information content (AvgIpc) is 3.48. The zero-order valence-electron chi connectivity index (χ0n) is 50.4. The molecule has 0 aromatic heterocycles. The molecule has 12 atom stereocenters. The number of rotatable bonds is 54. The number of hydrogen-bond donors (Lipinski definition) is 9. The molecule has 0 aliphatic carbocycles. The van der Waals surface area contributed by atoms with Crippen LogP contribution in [0.5, 0.6) is 0 Å². The minimum atomic E-state index is -1.78. The first-order valence-electron chi connectivity index (χ1n) is 33.1. The monoisotopic (exact) mass is 1130 g/mol. The summed E-state index contributed by atoms with van der Waals surface area (Å²) in [6, 6.07) is -0.908. The van der Waals surface area contributed by atoms with Gasteiger partial charge in [-0.1, -0.05) is 263 Å². The van der Waals surface area contributed by atoms with Gasteiger partial charge >= 0.3 is 0 Å². The van der Waals surface area contributed by atoms with Crippen molar-refractivity contribution >= 4 is 5.91 Å². The molecule has 2 rings (SSSR count). The summed E-state index contributed by atoms with van der Waals surface area (Å²) >= 11 is 0. The van der Waals surface area contributed by atoms with Gasteiger partial charge in [0.2, 0.25) is 5.91 Å². The Hall–Kier alpha value is -1.53. The van der Waals surface area contributed by atoms with E-state index < -0.39 is 86.8 Å². The van der Waals surface area contributed by atoms with Gasteiger partial charge in [-0.25, -0.2) is 0 Å². The first-order chi connectivity index (χ1) is 38.6. The van der Waals surface area contributed by atoms with Crippen molar-refractivity contribution in [1.82, 2.24) is 5.32 Å². The number of ether oxygens (including phenoxy) is 4. The Labute approximate surface area is 481 Å². The topological polar surface area (TPSA) is 228 Å². The highest BCUT2D eigenvalue weighted by molar-refractivity contribution is 5.76. The average molecular weight is 1130 g/mol. The molecule has 2 fully saturated rings. The number of unbranched alkanes of at least 4 members (excludes halogenated alkanes) is 39. The lowest BCUT2D eigenvalue weighted by Crippen LogP contribution is -2.65. The molecule has 0 saturated carbocycles. The van der Waals surface area contributed by atoms with Crippen molar-refractivity contribution in [3.63, 3.8) is 0 Å². The Balaban J connectivity index is 1.46. The van der Waals surface area contributed by atoms with Crippen LogP contribution in [0.1, 0.15) is 290 Å². The first kappa shape index (κ1) is 73.6. The van der Waals surface area contributed by atoms with E-state index in [2.05, 4.69) is 31.3 Å². The van der Waals surface area contributed by atoms with Crippen LogP contribution < -0.4 is 5.32 Å². The van der Waals surface area contributed by atoms with Gasteiger partial charge in [0.25, 0.3) is 0 Å². The fraction of sp³-hybridized carbons (Fsp3) is 0.923. The summed E-state index contributed by atoms with van der Waals surface area (Å²) in [5.41, 5.74) is 0. The van der Waals surface area contributed by atoms with Crippen molar-refractivity contribution in [2.75, 3.05) is 19.8 Å². The van der Waals surface area contributed by atoms with Gasteiger partial charge in [0.1, 0.15) is 48.8 Å². The molecule has 0 bridgehead atoms. The van der Waals surface area contributed by atoms with Crippen molar-refractivity contribution in [2.24, 2.45) is 0 Å². The molecule has 0 radical (unpaired) electrons. The molecule has 12 unspecified atom stereocenters. The highest BCUT2D eigenvalue weighted by atomic mass is 16.7. The number of carbonyl (C=O) groups excluding carboxylic acids is 1. The number of aliphatic hydroxyl groups is 8. The van der Waals surface area contributed by atoms with Gasteiger partial charge < -0.3 is 65.1 Å². The second kappa shape index (κ2) is 50.9. The molecule has 79 heavy (non-hydrogen) atoms. The normalized spacial score (nSPS) is 24.5. The van der Waals surface area contributed by atoms with Crippen LogP contribution in [0, 0.1) is 0 Å². The number of amides is 1. The molecule has 2 heterocycles. The van der Waals surface area contributed by atoms with Crippen LogP contribution in [0.4, 0.5) is 0 Å². The largest absolute Gasteiger partial charge is 0.394 e. The molecule has 466 valence electrons. The molecular weight excluding hydrogens is 1000 g/mol. The maximum Gasteiger partial charge on any atom is 0.220 e. The third kappa shape index (κ3) is 36.0. The Kier molecular flexibility index (Phi) is 47.4. The zero-order valence-corrected chi connectivity index (χ0v) is 50.4. The maximum atomic E-state index is 13.2. The Morgan fingerprint density at radius 1 is 0.443 bits per heavy atom. The summed E-state index contributed by atoms with van der Waals surface area (Å²) in [5, 5.41) is 86.6. The highest BCUT2D eigenvalue weighted by Gasteiger charge is 2.51. The summed E-state index contributed by atoms with van der Waals surface area (Å²) in [6.45, 7) is 2.72. The van der Waals surface area contributed by atoms with Gasteiger partial charge in [-0.05, 0) is 44.9 Å². The van der Waals surface area contributed by atoms with Crippen LogP contribution >= 0.6 is 0 Å². The van der Waals surface area contributed by atoms with Crippen LogP contribution in [-0.4, -0.2) is 140 Å². The van der Waals surface area contributed by atoms with E-state index in [1.807, 2.05) is 6.08 Å². The predicted octanol–water partition coefficient (Wildman–Crippen LogP) is 12.4. The van der Waals surface area contributed by atoms with Crippen molar-refractivity contribution in [3.05, 3.63) is 24.3 Å². The predicted molar refractivity (Wildman–Crippen MR) is 318 cm³/mol. The van der Waals surface area contributed by atoms with Gasteiger partial charge in [-0.2, -0.15) is 0 Å². The smallest absolute Gasteiger partial charge is 0.220 e. The van der Waals surface area contributed by atoms with E-state index in [4.69, 9.17) is 18.9 Å². The van der Waals surface area contributed by atoms with Crippen LogP contribution in [0.2, 0.25) is 0 Å². The fourth-order valence-corrected chi connectivity index (χ4v) is 11.1. The highest BCUT2D eigenvalue weighted by Crippen LogP contribution is 2.30. The minimum absolute atomic E-state index is 0.240. The molecule has 9 N–H and O–H groups in total. The Bertz CT molecular complexity index is 1420. The van der Waals surface area contributed by atoms with Crippen molar-refractivity contribution < 1.29 is 64.6 Å². The van der Waals surface area contributed by atoms with Gasteiger partial charge in [0.05, 0.1) is 32.0 Å². The Morgan fingerprint density at radius 3 is 1.22 bits per heavy atom. The van der Waals surface area contributed by atoms with E-state index in [0.717, 1.165) is 51.4 Å². The second-order valence-corrected chi connectivity index (χ2v) is 23.6. The number of nitrogens with one attached hydrogen (secondary N) is 1. The van der Waals surface area contributed by atoms with E-state index in [9.17, 15) is 45.6 Å². The molecule has 2 saturated heterocycles. The standard InChI is InChI=1S/C65H123NO13/c1-3-5-7-9-11-12-13-14-15-16-17-18-19-20-21-22-23-24-25-26-27-28-29-30-31-32-33-34-35-36-37-38-39-40-41-42-43-45-47-49-57(70)66-53(54(69)48-46-44-10-8-6-4-2)52-76-64-62(75)60(73)63(56(51-68)78-64)79-65-61(74)59(72)58(71)55(50-67)77-65/h16-17,46,48,53-56,58-65,67-69,71-75H,3-15,18-45,47,49-52H2,1-2H3,(H,66,70)/b17-16-,48-46+. The molecule has 2 aliphatic rings. The molecule has 0 aromatic rings. The van der Waals surface area contributed by atoms with Crippen molar-refractivity contribution in [3.8, 4) is 0 Å². The van der Waals surface area contributed by atoms with Crippen molar-refractivity contribution in [1.29, 1.82) is 0 Å². The number of carbonyl (C=O) groups is 1. The molecule has 0 aromatic carbocycles. The first-order valence-corrected chi connectivity index (χ1v) is 33.1. The molecule has 0 spiro atoms. The molecule has 14 nitrogen and oxygen atoms in total. The number of aliphatic hydroxyl groups excluding tert-OH is 8. The van der Waals surface area contributed by atoms with Gasteiger partial charge in [-0.15, -0.1) is 0 Å². The number of hydrogen-bond acceptors (Lipinski definition) is 13. The SMILES string of the molecule is CCCCCC/C=C/C(O)C(COC1OC(CO)C(OC2OC(CO)C(O)C(O)C2O)C(O)C1O)NC(=O)CCCCCCCCCCCCCCCCCCCCCCCCCCCCC/C=C\CCCCCCCCCC. The lowest BCUT2D eigenvalue weighted by atomic mass is 9.97. The molecule has 2 aliphatic heterocycles. The van der Waals surface area contributed by atoms with E-state index >= 15 is 0 Å². The lowest BCUT2D eigenvalue weighted by molar-refractivity contribution is -0.359. The van der Waals surface area contributed by atoms with Crippen LogP contribution in [-0.2, 0) is 23.7 Å². The molecule has 1 amide bonds. The van der Waals surface area contributed by atoms with Gasteiger partial charge in [0.15, 0.2) is 12.6 Å². The third-order valence-electron chi connectivity index (χ3n) is 16.4. The van der Waals surface area contributed by atoms with E-state index in [1.165, 1.54) is 212 Å². The Morgan fingerprint density at radius 2 is 0.797 bits per heavy atom. The van der Waals surface area contributed by atoms with Crippen molar-refractivity contribution in [2.45, 2.75) is 364 Å². The van der Waals surface area contributed by atoms with Gasteiger partial charge in [-0.3, -0.25) is 4.79 Å². The number of allylic oxidation sites excluding steroid dienone is 3. The van der Waals surface area contributed by atoms with Crippen LogP contribution in [0.15, 0.2) is 24.3 Å². The summed E-state index contributed by atoms with van der Waals surface area (Å²) in [6.07, 6.45) is 46.2. The van der Waals surface area contributed by atoms with Crippen LogP contribution in [0.3, 0.4) is 0 Å². The summed E-state index contributed by atoms with van der Waals surface area (Å²) in [4.78, 5) is 13.2. The minimum Gasteiger partial charge on any atom is -0.394 e. The van der Waals surface area contributed by atoms with E-state index in [-0.39, 0.29) is 18.9 Å². The summed E-state index contributed by atoms with van der Waals surface area (Å²) < 4.78 is 22.6. The molecular formula is C65H123NO13. The lowest BCUT2D eigenvalue weighted by Gasteiger charge is -2.46. The van der Waals surface area contributed by atoms with E-state index in [0.29, 0.717) is 6.42 Å².